The first-order valence-corrected chi connectivity index (χ1v) is 7.89. The minimum atomic E-state index is -0.586. The number of Topliss-reactive ketones (excluding diaryl/α,β-unsaturated/α-hetero) is 1. The number of aryl methyl sites for hydroxylation is 2. The standard InChI is InChI=1S/C15H24N2O4S/c1-9-13(22-10(2)16-9)12(18)7-11(8-20-6)17-14(19)21-15(3,4)5/h11H,7-8H2,1-6H3,(H,17,19). The molecule has 22 heavy (non-hydrogen) atoms. The number of hydrogen-bond acceptors (Lipinski definition) is 6. The van der Waals surface area contributed by atoms with Gasteiger partial charge in [0, 0.05) is 13.5 Å². The molecule has 0 radical (unpaired) electrons. The van der Waals surface area contributed by atoms with E-state index in [1.54, 1.807) is 20.8 Å². The molecule has 0 spiro atoms. The van der Waals surface area contributed by atoms with Crippen LogP contribution in [0.2, 0.25) is 0 Å². The molecule has 124 valence electrons. The highest BCUT2D eigenvalue weighted by Crippen LogP contribution is 2.19. The van der Waals surface area contributed by atoms with Crippen LogP contribution in [0.25, 0.3) is 0 Å². The van der Waals surface area contributed by atoms with Crippen LogP contribution in [0, 0.1) is 13.8 Å². The SMILES string of the molecule is COCC(CC(=O)c1sc(C)nc1C)NC(=O)OC(C)(C)C. The van der Waals surface area contributed by atoms with E-state index in [4.69, 9.17) is 9.47 Å². The summed E-state index contributed by atoms with van der Waals surface area (Å²) in [5.74, 6) is -0.0544. The van der Waals surface area contributed by atoms with Crippen LogP contribution in [0.1, 0.15) is 47.6 Å². The number of carbonyl (C=O) groups excluding carboxylic acids is 2. The molecule has 0 bridgehead atoms. The molecule has 0 aliphatic carbocycles. The second kappa shape index (κ2) is 7.69. The zero-order chi connectivity index (χ0) is 16.9. The van der Waals surface area contributed by atoms with E-state index in [-0.39, 0.29) is 18.8 Å². The summed E-state index contributed by atoms with van der Waals surface area (Å²) in [5, 5.41) is 3.53. The summed E-state index contributed by atoms with van der Waals surface area (Å²) in [6.45, 7) is 9.26. The van der Waals surface area contributed by atoms with Crippen LogP contribution in [0.3, 0.4) is 0 Å². The van der Waals surface area contributed by atoms with E-state index >= 15 is 0 Å². The summed E-state index contributed by atoms with van der Waals surface area (Å²) in [7, 11) is 1.52. The molecule has 0 fully saturated rings. The zero-order valence-corrected chi connectivity index (χ0v) is 14.8. The molecule has 7 heteroatoms. The minimum Gasteiger partial charge on any atom is -0.444 e. The molecule has 1 N–H and O–H groups in total. The number of rotatable bonds is 6. The lowest BCUT2D eigenvalue weighted by Crippen LogP contribution is -2.42. The number of carbonyl (C=O) groups is 2. The molecule has 1 unspecified atom stereocenters. The number of ketones is 1. The zero-order valence-electron chi connectivity index (χ0n) is 14.0. The van der Waals surface area contributed by atoms with Gasteiger partial charge >= 0.3 is 6.09 Å². The first-order chi connectivity index (χ1) is 10.1. The lowest BCUT2D eigenvalue weighted by atomic mass is 10.1. The van der Waals surface area contributed by atoms with Crippen molar-refractivity contribution in [1.29, 1.82) is 0 Å². The Kier molecular flexibility index (Phi) is 6.49. The van der Waals surface area contributed by atoms with Crippen LogP contribution in [0.15, 0.2) is 0 Å². The highest BCUT2D eigenvalue weighted by molar-refractivity contribution is 7.13. The van der Waals surface area contributed by atoms with Gasteiger partial charge in [0.05, 0.1) is 28.2 Å². The lowest BCUT2D eigenvalue weighted by molar-refractivity contribution is 0.0464. The third kappa shape index (κ3) is 6.11. The molecule has 1 heterocycles. The molecule has 1 aromatic rings. The monoisotopic (exact) mass is 328 g/mol. The van der Waals surface area contributed by atoms with Crippen LogP contribution < -0.4 is 5.32 Å². The number of hydrogen-bond donors (Lipinski definition) is 1. The van der Waals surface area contributed by atoms with E-state index < -0.39 is 17.7 Å². The summed E-state index contributed by atoms with van der Waals surface area (Å²) in [4.78, 5) is 29.1. The molecule has 1 atom stereocenters. The van der Waals surface area contributed by atoms with E-state index in [1.165, 1.54) is 18.4 Å². The number of aromatic nitrogens is 1. The molecule has 6 nitrogen and oxygen atoms in total. The van der Waals surface area contributed by atoms with Gasteiger partial charge in [0.25, 0.3) is 0 Å². The smallest absolute Gasteiger partial charge is 0.407 e. The Morgan fingerprint density at radius 3 is 2.41 bits per heavy atom. The van der Waals surface area contributed by atoms with E-state index in [0.29, 0.717) is 4.88 Å². The summed E-state index contributed by atoms with van der Waals surface area (Å²) in [6, 6.07) is -0.436. The van der Waals surface area contributed by atoms with Crippen LogP contribution in [-0.4, -0.2) is 42.2 Å². The summed E-state index contributed by atoms with van der Waals surface area (Å²) >= 11 is 1.37. The lowest BCUT2D eigenvalue weighted by Gasteiger charge is -2.23. The van der Waals surface area contributed by atoms with Gasteiger partial charge in [-0.2, -0.15) is 0 Å². The van der Waals surface area contributed by atoms with Gasteiger partial charge in [-0.25, -0.2) is 9.78 Å². The minimum absolute atomic E-state index is 0.0544. The van der Waals surface area contributed by atoms with Gasteiger partial charge in [0.2, 0.25) is 0 Å². The van der Waals surface area contributed by atoms with Crippen LogP contribution >= 0.6 is 11.3 Å². The second-order valence-electron chi connectivity index (χ2n) is 6.07. The molecule has 0 aromatic carbocycles. The number of nitrogens with one attached hydrogen (secondary N) is 1. The van der Waals surface area contributed by atoms with Gasteiger partial charge in [0.15, 0.2) is 5.78 Å². The van der Waals surface area contributed by atoms with Gasteiger partial charge in [0.1, 0.15) is 5.60 Å². The van der Waals surface area contributed by atoms with Gasteiger partial charge < -0.3 is 14.8 Å². The van der Waals surface area contributed by atoms with E-state index in [1.807, 2.05) is 13.8 Å². The molecule has 0 saturated heterocycles. The van der Waals surface area contributed by atoms with E-state index in [0.717, 1.165) is 10.7 Å². The number of alkyl carbamates (subject to hydrolysis) is 1. The fraction of sp³-hybridized carbons (Fsp3) is 0.667. The maximum absolute atomic E-state index is 12.4. The summed E-state index contributed by atoms with van der Waals surface area (Å²) in [5.41, 5.74) is 0.137. The topological polar surface area (TPSA) is 77.5 Å². The Morgan fingerprint density at radius 1 is 1.32 bits per heavy atom. The molecular weight excluding hydrogens is 304 g/mol. The molecular formula is C15H24N2O4S. The third-order valence-corrected chi connectivity index (χ3v) is 3.79. The maximum atomic E-state index is 12.4. The van der Waals surface area contributed by atoms with Crippen molar-refractivity contribution in [3.63, 3.8) is 0 Å². The van der Waals surface area contributed by atoms with Gasteiger partial charge in [-0.1, -0.05) is 0 Å². The fourth-order valence-corrected chi connectivity index (χ4v) is 2.80. The fourth-order valence-electron chi connectivity index (χ4n) is 1.93. The van der Waals surface area contributed by atoms with Crippen molar-refractivity contribution in [2.45, 2.75) is 52.7 Å². The molecule has 0 aliphatic rings. The number of nitrogens with zero attached hydrogens (tertiary/aromatic N) is 1. The van der Waals surface area contributed by atoms with E-state index in [9.17, 15) is 9.59 Å². The summed E-state index contributed by atoms with van der Waals surface area (Å²) in [6.07, 6.45) is -0.408. The van der Waals surface area contributed by atoms with Crippen LogP contribution in [0.4, 0.5) is 4.79 Å². The molecule has 0 saturated carbocycles. The van der Waals surface area contributed by atoms with Crippen LogP contribution in [0.5, 0.6) is 0 Å². The first kappa shape index (κ1) is 18.6. The normalized spacial score (nSPS) is 12.8. The Bertz CT molecular complexity index is 534. The van der Waals surface area contributed by atoms with Crippen molar-refractivity contribution in [2.24, 2.45) is 0 Å². The quantitative estimate of drug-likeness (QED) is 0.813. The van der Waals surface area contributed by atoms with Gasteiger partial charge in [-0.15, -0.1) is 11.3 Å². The Morgan fingerprint density at radius 2 is 1.95 bits per heavy atom. The number of amides is 1. The maximum Gasteiger partial charge on any atom is 0.407 e. The van der Waals surface area contributed by atoms with Crippen molar-refractivity contribution < 1.29 is 19.1 Å². The number of ether oxygens (including phenoxy) is 2. The first-order valence-electron chi connectivity index (χ1n) is 7.08. The Balaban J connectivity index is 2.69. The van der Waals surface area contributed by atoms with Crippen molar-refractivity contribution in [1.82, 2.24) is 10.3 Å². The molecule has 1 amide bonds. The molecule has 0 aliphatic heterocycles. The van der Waals surface area contributed by atoms with Crippen molar-refractivity contribution in [2.75, 3.05) is 13.7 Å². The van der Waals surface area contributed by atoms with Crippen molar-refractivity contribution >= 4 is 23.2 Å². The van der Waals surface area contributed by atoms with Gasteiger partial charge in [-0.3, -0.25) is 4.79 Å². The van der Waals surface area contributed by atoms with Crippen molar-refractivity contribution in [3.05, 3.63) is 15.6 Å². The average Bonchev–Trinajstić information content (AvgIpc) is 2.66. The predicted molar refractivity (Wildman–Crippen MR) is 85.6 cm³/mol. The summed E-state index contributed by atoms with van der Waals surface area (Å²) < 4.78 is 10.3. The predicted octanol–water partition coefficient (Wildman–Crippen LogP) is 2.87. The Hall–Kier alpha value is -1.47. The van der Waals surface area contributed by atoms with Crippen LogP contribution in [-0.2, 0) is 9.47 Å². The number of methoxy groups -OCH3 is 1. The second-order valence-corrected chi connectivity index (χ2v) is 7.28. The largest absolute Gasteiger partial charge is 0.444 e. The molecule has 1 aromatic heterocycles. The average molecular weight is 328 g/mol. The van der Waals surface area contributed by atoms with Gasteiger partial charge in [-0.05, 0) is 34.6 Å². The third-order valence-electron chi connectivity index (χ3n) is 2.68. The highest BCUT2D eigenvalue weighted by atomic mass is 32.1. The molecule has 1 rings (SSSR count). The van der Waals surface area contributed by atoms with Crippen molar-refractivity contribution in [3.8, 4) is 0 Å². The highest BCUT2D eigenvalue weighted by Gasteiger charge is 2.23. The Labute approximate surface area is 135 Å². The number of thiazole rings is 1. The van der Waals surface area contributed by atoms with E-state index in [2.05, 4.69) is 10.3 Å².